The molecule has 0 saturated carbocycles. The maximum atomic E-state index is 12.3. The van der Waals surface area contributed by atoms with Crippen LogP contribution in [0.1, 0.15) is 13.3 Å². The molecule has 2 heterocycles. The topological polar surface area (TPSA) is 94.1 Å². The van der Waals surface area contributed by atoms with Gasteiger partial charge in [-0.15, -0.1) is 4.40 Å². The van der Waals surface area contributed by atoms with Crippen LogP contribution in [-0.2, 0) is 10.0 Å². The Kier molecular flexibility index (Phi) is 5.24. The van der Waals surface area contributed by atoms with Crippen LogP contribution in [0.15, 0.2) is 33.6 Å². The molecule has 8 nitrogen and oxygen atoms in total. The average molecular weight is 365 g/mol. The summed E-state index contributed by atoms with van der Waals surface area (Å²) < 4.78 is 28.5. The summed E-state index contributed by atoms with van der Waals surface area (Å²) in [5.74, 6) is 0.421. The SMILES string of the molecule is CCNC(=O)N1CCCN(CC2=NS(=O)(=O)c3ccccc3N2)CC1. The van der Waals surface area contributed by atoms with Crippen molar-refractivity contribution in [2.75, 3.05) is 44.6 Å². The highest BCUT2D eigenvalue weighted by molar-refractivity contribution is 7.90. The molecule has 9 heteroatoms. The van der Waals surface area contributed by atoms with Gasteiger partial charge in [-0.1, -0.05) is 12.1 Å². The largest absolute Gasteiger partial charge is 0.341 e. The van der Waals surface area contributed by atoms with Crippen molar-refractivity contribution in [3.8, 4) is 0 Å². The van der Waals surface area contributed by atoms with Gasteiger partial charge in [-0.25, -0.2) is 4.79 Å². The highest BCUT2D eigenvalue weighted by Gasteiger charge is 2.26. The van der Waals surface area contributed by atoms with Crippen LogP contribution in [0.5, 0.6) is 0 Å². The Balaban J connectivity index is 1.66. The smallest absolute Gasteiger partial charge is 0.317 e. The Morgan fingerprint density at radius 1 is 1.24 bits per heavy atom. The highest BCUT2D eigenvalue weighted by atomic mass is 32.2. The number of benzene rings is 1. The molecule has 1 fully saturated rings. The van der Waals surface area contributed by atoms with Crippen molar-refractivity contribution < 1.29 is 13.2 Å². The van der Waals surface area contributed by atoms with E-state index in [1.54, 1.807) is 29.2 Å². The molecule has 0 bridgehead atoms. The molecular weight excluding hydrogens is 342 g/mol. The zero-order valence-corrected chi connectivity index (χ0v) is 15.1. The van der Waals surface area contributed by atoms with E-state index in [1.165, 1.54) is 0 Å². The first kappa shape index (κ1) is 17.7. The summed E-state index contributed by atoms with van der Waals surface area (Å²) in [6.45, 7) is 5.70. The minimum Gasteiger partial charge on any atom is -0.341 e. The summed E-state index contributed by atoms with van der Waals surface area (Å²) in [6, 6.07) is 6.72. The van der Waals surface area contributed by atoms with Gasteiger partial charge >= 0.3 is 6.03 Å². The van der Waals surface area contributed by atoms with E-state index in [-0.39, 0.29) is 10.9 Å². The van der Waals surface area contributed by atoms with E-state index >= 15 is 0 Å². The third-order valence-corrected chi connectivity index (χ3v) is 5.62. The molecule has 0 aliphatic carbocycles. The van der Waals surface area contributed by atoms with Crippen molar-refractivity contribution in [2.45, 2.75) is 18.2 Å². The van der Waals surface area contributed by atoms with Crippen LogP contribution in [0, 0.1) is 0 Å². The molecule has 1 aromatic carbocycles. The molecular formula is C16H23N5O3S. The number of sulfonamides is 1. The van der Waals surface area contributed by atoms with Crippen molar-refractivity contribution in [3.63, 3.8) is 0 Å². The first-order chi connectivity index (χ1) is 12.0. The number of amides is 2. The molecule has 2 amide bonds. The Labute approximate surface area is 148 Å². The van der Waals surface area contributed by atoms with Gasteiger partial charge < -0.3 is 15.5 Å². The number of amidine groups is 1. The Morgan fingerprint density at radius 2 is 2.04 bits per heavy atom. The van der Waals surface area contributed by atoms with Gasteiger partial charge in [-0.05, 0) is 25.5 Å². The highest BCUT2D eigenvalue weighted by Crippen LogP contribution is 2.26. The van der Waals surface area contributed by atoms with E-state index in [1.807, 2.05) is 6.92 Å². The summed E-state index contributed by atoms with van der Waals surface area (Å²) in [4.78, 5) is 16.1. The van der Waals surface area contributed by atoms with Crippen molar-refractivity contribution in [1.29, 1.82) is 0 Å². The minimum absolute atomic E-state index is 0.0472. The number of fused-ring (bicyclic) bond motifs is 1. The lowest BCUT2D eigenvalue weighted by atomic mass is 10.3. The lowest BCUT2D eigenvalue weighted by Crippen LogP contribution is -2.42. The number of carbonyl (C=O) groups is 1. The van der Waals surface area contributed by atoms with E-state index in [0.29, 0.717) is 44.2 Å². The quantitative estimate of drug-likeness (QED) is 0.831. The van der Waals surface area contributed by atoms with Gasteiger partial charge in [0.2, 0.25) is 0 Å². The van der Waals surface area contributed by atoms with Crippen LogP contribution in [0.4, 0.5) is 10.5 Å². The standard InChI is InChI=1S/C16H23N5O3S/c1-2-17-16(22)21-9-5-8-20(10-11-21)12-15-18-13-6-3-4-7-14(13)25(23,24)19-15/h3-4,6-7H,2,5,8-12H2,1H3,(H,17,22)(H,18,19). The van der Waals surface area contributed by atoms with Crippen LogP contribution >= 0.6 is 0 Å². The predicted molar refractivity (Wildman–Crippen MR) is 96.4 cm³/mol. The first-order valence-electron chi connectivity index (χ1n) is 8.44. The van der Waals surface area contributed by atoms with Gasteiger partial charge in [0.1, 0.15) is 10.7 Å². The summed E-state index contributed by atoms with van der Waals surface area (Å²) in [5.41, 5.74) is 0.561. The Bertz CT molecular complexity index is 778. The molecule has 0 aromatic heterocycles. The van der Waals surface area contributed by atoms with Crippen LogP contribution < -0.4 is 10.6 Å². The van der Waals surface area contributed by atoms with Crippen LogP contribution in [-0.4, -0.2) is 69.4 Å². The number of anilines is 1. The second-order valence-electron chi connectivity index (χ2n) is 6.09. The summed E-state index contributed by atoms with van der Waals surface area (Å²) in [7, 11) is -3.66. The predicted octanol–water partition coefficient (Wildman–Crippen LogP) is 0.936. The zero-order chi connectivity index (χ0) is 17.9. The maximum absolute atomic E-state index is 12.3. The molecule has 0 unspecified atom stereocenters. The number of hydrogen-bond acceptors (Lipinski definition) is 5. The summed E-state index contributed by atoms with van der Waals surface area (Å²) in [5, 5.41) is 5.92. The molecule has 2 aliphatic heterocycles. The van der Waals surface area contributed by atoms with E-state index < -0.39 is 10.0 Å². The lowest BCUT2D eigenvalue weighted by molar-refractivity contribution is 0.199. The molecule has 0 atom stereocenters. The van der Waals surface area contributed by atoms with Gasteiger partial charge in [0.05, 0.1) is 12.2 Å². The molecule has 3 rings (SSSR count). The lowest BCUT2D eigenvalue weighted by Gasteiger charge is -2.24. The number of carbonyl (C=O) groups excluding carboxylic acids is 1. The van der Waals surface area contributed by atoms with Crippen molar-refractivity contribution in [2.24, 2.45) is 4.40 Å². The molecule has 136 valence electrons. The summed E-state index contributed by atoms with van der Waals surface area (Å²) >= 11 is 0. The number of nitrogens with one attached hydrogen (secondary N) is 2. The van der Waals surface area contributed by atoms with Gasteiger partial charge in [0, 0.05) is 32.7 Å². The average Bonchev–Trinajstić information content (AvgIpc) is 2.80. The third-order valence-electron chi connectivity index (χ3n) is 4.25. The molecule has 2 N–H and O–H groups in total. The van der Waals surface area contributed by atoms with Crippen molar-refractivity contribution in [3.05, 3.63) is 24.3 Å². The molecule has 1 saturated heterocycles. The monoisotopic (exact) mass is 365 g/mol. The van der Waals surface area contributed by atoms with Crippen molar-refractivity contribution >= 4 is 27.6 Å². The van der Waals surface area contributed by atoms with Crippen LogP contribution in [0.25, 0.3) is 0 Å². The normalized spacial score (nSPS) is 20.0. The fourth-order valence-electron chi connectivity index (χ4n) is 3.04. The van der Waals surface area contributed by atoms with Gasteiger partial charge in [-0.3, -0.25) is 4.90 Å². The Hall–Kier alpha value is -2.13. The second-order valence-corrected chi connectivity index (χ2v) is 7.66. The van der Waals surface area contributed by atoms with Crippen molar-refractivity contribution in [1.82, 2.24) is 15.1 Å². The van der Waals surface area contributed by atoms with E-state index in [4.69, 9.17) is 0 Å². The summed E-state index contributed by atoms with van der Waals surface area (Å²) in [6.07, 6.45) is 0.841. The fourth-order valence-corrected chi connectivity index (χ4v) is 4.18. The zero-order valence-electron chi connectivity index (χ0n) is 14.2. The fraction of sp³-hybridized carbons (Fsp3) is 0.500. The van der Waals surface area contributed by atoms with Gasteiger partial charge in [0.15, 0.2) is 0 Å². The van der Waals surface area contributed by atoms with Crippen LogP contribution in [0.3, 0.4) is 0 Å². The van der Waals surface area contributed by atoms with E-state index in [2.05, 4.69) is 19.9 Å². The van der Waals surface area contributed by atoms with E-state index in [9.17, 15) is 13.2 Å². The first-order valence-corrected chi connectivity index (χ1v) is 9.88. The minimum atomic E-state index is -3.66. The number of urea groups is 1. The number of nitrogens with zero attached hydrogens (tertiary/aromatic N) is 3. The second kappa shape index (κ2) is 7.40. The van der Waals surface area contributed by atoms with Gasteiger partial charge in [0.25, 0.3) is 10.0 Å². The van der Waals surface area contributed by atoms with E-state index in [0.717, 1.165) is 13.0 Å². The molecule has 0 radical (unpaired) electrons. The number of para-hydroxylation sites is 1. The molecule has 25 heavy (non-hydrogen) atoms. The molecule has 1 aromatic rings. The third kappa shape index (κ3) is 4.10. The van der Waals surface area contributed by atoms with Gasteiger partial charge in [-0.2, -0.15) is 8.42 Å². The molecule has 0 spiro atoms. The maximum Gasteiger partial charge on any atom is 0.317 e. The van der Waals surface area contributed by atoms with Crippen LogP contribution in [0.2, 0.25) is 0 Å². The number of hydrogen-bond donors (Lipinski definition) is 2. The number of rotatable bonds is 3. The molecule has 2 aliphatic rings. The Morgan fingerprint density at radius 3 is 2.84 bits per heavy atom.